The molecule has 17 aromatic carbocycles. The van der Waals surface area contributed by atoms with E-state index in [4.69, 9.17) is 0 Å². The highest BCUT2D eigenvalue weighted by Gasteiger charge is 2.22. The van der Waals surface area contributed by atoms with Crippen LogP contribution in [0.5, 0.6) is 0 Å². The summed E-state index contributed by atoms with van der Waals surface area (Å²) in [5.74, 6) is 0. The zero-order chi connectivity index (χ0) is 66.5. The minimum Gasteiger partial charge on any atom is -0.0622 e. The third-order valence-electron chi connectivity index (χ3n) is 20.0. The maximum absolute atomic E-state index is 2.38. The van der Waals surface area contributed by atoms with Crippen molar-refractivity contribution in [1.29, 1.82) is 0 Å². The zero-order valence-electron chi connectivity index (χ0n) is 56.5. The molecule has 468 valence electrons. The van der Waals surface area contributed by atoms with Crippen LogP contribution in [0, 0.1) is 0 Å². The Labute approximate surface area is 576 Å². The van der Waals surface area contributed by atoms with Gasteiger partial charge in [0.05, 0.1) is 0 Å². The molecule has 0 heteroatoms. The highest BCUT2D eigenvalue weighted by molar-refractivity contribution is 6.23. The molecule has 0 heterocycles. The van der Waals surface area contributed by atoms with Crippen molar-refractivity contribution in [1.82, 2.24) is 0 Å². The van der Waals surface area contributed by atoms with Crippen LogP contribution in [0.2, 0.25) is 0 Å². The van der Waals surface area contributed by atoms with Crippen LogP contribution in [-0.4, -0.2) is 0 Å². The molecule has 0 aliphatic heterocycles. The number of benzene rings is 17. The second kappa shape index (κ2) is 25.5. The molecule has 0 spiro atoms. The van der Waals surface area contributed by atoms with Gasteiger partial charge in [0, 0.05) is 0 Å². The van der Waals surface area contributed by atoms with Crippen LogP contribution in [0.4, 0.5) is 0 Å². The topological polar surface area (TPSA) is 0 Å². The van der Waals surface area contributed by atoms with Crippen molar-refractivity contribution < 1.29 is 0 Å². The van der Waals surface area contributed by atoms with E-state index >= 15 is 0 Å². The molecule has 0 unspecified atom stereocenters. The predicted molar refractivity (Wildman–Crippen MR) is 424 cm³/mol. The van der Waals surface area contributed by atoms with Crippen LogP contribution in [0.1, 0.15) is 52.7 Å². The Kier molecular flexibility index (Phi) is 15.9. The fourth-order valence-electron chi connectivity index (χ4n) is 14.9. The number of hydrogen-bond donors (Lipinski definition) is 0. The average Bonchev–Trinajstić information content (AvgIpc) is 0.666. The van der Waals surface area contributed by atoms with Gasteiger partial charge >= 0.3 is 0 Å². The lowest BCUT2D eigenvalue weighted by atomic mass is 9.83. The Morgan fingerprint density at radius 3 is 0.724 bits per heavy atom. The highest BCUT2D eigenvalue weighted by atomic mass is 14.3. The molecular weight excluding hydrogens is 1180 g/mol. The van der Waals surface area contributed by atoms with Crippen LogP contribution < -0.4 is 0 Å². The Hall–Kier alpha value is -11.7. The average molecular weight is 1250 g/mol. The molecule has 98 heavy (non-hydrogen) atoms. The monoisotopic (exact) mass is 1250 g/mol. The van der Waals surface area contributed by atoms with Gasteiger partial charge in [-0.05, 0) is 229 Å². The summed E-state index contributed by atoms with van der Waals surface area (Å²) in [6, 6.07) is 130. The van der Waals surface area contributed by atoms with Gasteiger partial charge in [-0.25, -0.2) is 0 Å². The van der Waals surface area contributed by atoms with Gasteiger partial charge in [0.15, 0.2) is 0 Å². The zero-order valence-corrected chi connectivity index (χ0v) is 56.5. The largest absolute Gasteiger partial charge is 0.0622 e. The summed E-state index contributed by atoms with van der Waals surface area (Å²) in [5.41, 5.74) is 25.4. The Morgan fingerprint density at radius 1 is 0.153 bits per heavy atom. The molecule has 0 aliphatic rings. The fourth-order valence-corrected chi connectivity index (χ4v) is 14.9. The molecule has 0 bridgehead atoms. The summed E-state index contributed by atoms with van der Waals surface area (Å²) < 4.78 is 0. The van der Waals surface area contributed by atoms with Gasteiger partial charge < -0.3 is 0 Å². The molecule has 17 rings (SSSR count). The van der Waals surface area contributed by atoms with Crippen molar-refractivity contribution >= 4 is 64.6 Å². The minimum atomic E-state index is 0.112. The summed E-state index contributed by atoms with van der Waals surface area (Å²) >= 11 is 0. The van der Waals surface area contributed by atoms with Crippen LogP contribution in [0.15, 0.2) is 352 Å². The lowest BCUT2D eigenvalue weighted by Gasteiger charge is -2.21. The Balaban J connectivity index is 0.000000154. The molecule has 0 aromatic heterocycles. The van der Waals surface area contributed by atoms with Gasteiger partial charge in [-0.1, -0.05) is 351 Å². The molecule has 0 saturated heterocycles. The van der Waals surface area contributed by atoms with E-state index in [1.54, 1.807) is 0 Å². The fraction of sp³-hybridized carbons (Fsp3) is 0.0816. The van der Waals surface area contributed by atoms with Crippen molar-refractivity contribution in [2.24, 2.45) is 0 Å². The maximum Gasteiger partial charge on any atom is -0.00262 e. The Bertz CT molecular complexity index is 5650. The smallest absolute Gasteiger partial charge is 0.00262 e. The second-order valence-corrected chi connectivity index (χ2v) is 28.3. The summed E-state index contributed by atoms with van der Waals surface area (Å²) in [7, 11) is 0. The van der Waals surface area contributed by atoms with Crippen molar-refractivity contribution in [3.63, 3.8) is 0 Å². The first-order chi connectivity index (χ1) is 47.9. The molecule has 0 amide bonds. The standard InChI is InChI=1S/C52H40.C46H36/c1-52(2,3)45-28-26-37(27-29-45)50-46-18-10-12-20-48(46)51(49-21-13-11-19-47(49)50)41-25-24-38-30-40(23-22-39(38)31-41)44-33-42(35-14-6-4-7-15-35)32-43(34-44)36-16-8-5-9-17-36;1-46(2,3)37-27-25-32(26-28-37)44-40-17-9-11-19-42(40)45(43-20-12-10-18-41(43)44)36-24-22-33-29-35(23-21-34(33)30-36)39-16-8-7-15-38(39)31-13-5-4-6-14-31/h4-34H,1-3H3;4-30H,1-3H3. The third-order valence-corrected chi connectivity index (χ3v) is 20.0. The van der Waals surface area contributed by atoms with Crippen LogP contribution in [0.25, 0.3) is 165 Å². The van der Waals surface area contributed by atoms with E-state index < -0.39 is 0 Å². The normalized spacial score (nSPS) is 11.8. The van der Waals surface area contributed by atoms with Gasteiger partial charge in [-0.2, -0.15) is 0 Å². The van der Waals surface area contributed by atoms with Crippen molar-refractivity contribution in [3.8, 4) is 100 Å². The third kappa shape index (κ3) is 11.7. The lowest BCUT2D eigenvalue weighted by Crippen LogP contribution is -2.10. The molecule has 0 radical (unpaired) electrons. The quantitative estimate of drug-likeness (QED) is 0.126. The van der Waals surface area contributed by atoms with Gasteiger partial charge in [-0.15, -0.1) is 0 Å². The second-order valence-electron chi connectivity index (χ2n) is 28.3. The molecule has 0 nitrogen and oxygen atoms in total. The number of rotatable bonds is 9. The van der Waals surface area contributed by atoms with Crippen molar-refractivity contribution in [2.45, 2.75) is 52.4 Å². The van der Waals surface area contributed by atoms with Gasteiger partial charge in [-0.3, -0.25) is 0 Å². The van der Waals surface area contributed by atoms with Crippen LogP contribution >= 0.6 is 0 Å². The van der Waals surface area contributed by atoms with E-state index in [0.717, 1.165) is 0 Å². The van der Waals surface area contributed by atoms with Gasteiger partial charge in [0.25, 0.3) is 0 Å². The van der Waals surface area contributed by atoms with Crippen molar-refractivity contribution in [3.05, 3.63) is 363 Å². The highest BCUT2D eigenvalue weighted by Crippen LogP contribution is 2.48. The van der Waals surface area contributed by atoms with E-state index in [9.17, 15) is 0 Å². The van der Waals surface area contributed by atoms with E-state index in [2.05, 4.69) is 393 Å². The molecule has 0 saturated carbocycles. The summed E-state index contributed by atoms with van der Waals surface area (Å²) in [5, 5.41) is 15.2. The van der Waals surface area contributed by atoms with E-state index in [-0.39, 0.29) is 10.8 Å². The van der Waals surface area contributed by atoms with E-state index in [1.807, 2.05) is 0 Å². The SMILES string of the molecule is CC(C)(C)c1ccc(-c2c3ccccc3c(-c3ccc4cc(-c5cc(-c6ccccc6)cc(-c6ccccc6)c5)ccc4c3)c3ccccc23)cc1.CC(C)(C)c1ccc(-c2c3ccccc3c(-c3ccc4cc(-c5ccccc5-c5ccccc5)ccc4c3)c3ccccc23)cc1. The molecule has 0 atom stereocenters. The summed E-state index contributed by atoms with van der Waals surface area (Å²) in [4.78, 5) is 0. The van der Waals surface area contributed by atoms with Crippen molar-refractivity contribution in [2.75, 3.05) is 0 Å². The summed E-state index contributed by atoms with van der Waals surface area (Å²) in [6.45, 7) is 13.6. The Morgan fingerprint density at radius 2 is 0.388 bits per heavy atom. The number of hydrogen-bond acceptors (Lipinski definition) is 0. The van der Waals surface area contributed by atoms with E-state index in [1.165, 1.54) is 176 Å². The number of fused-ring (bicyclic) bond motifs is 6. The molecule has 0 aliphatic carbocycles. The van der Waals surface area contributed by atoms with Gasteiger partial charge in [0.2, 0.25) is 0 Å². The molecule has 0 N–H and O–H groups in total. The molecular formula is C98H76. The maximum atomic E-state index is 2.38. The minimum absolute atomic E-state index is 0.112. The predicted octanol–water partition coefficient (Wildman–Crippen LogP) is 27.9. The molecule has 17 aromatic rings. The van der Waals surface area contributed by atoms with E-state index in [0.29, 0.717) is 0 Å². The van der Waals surface area contributed by atoms with Crippen LogP contribution in [0.3, 0.4) is 0 Å². The first-order valence-electron chi connectivity index (χ1n) is 34.4. The van der Waals surface area contributed by atoms with Crippen LogP contribution in [-0.2, 0) is 10.8 Å². The van der Waals surface area contributed by atoms with Gasteiger partial charge in [0.1, 0.15) is 0 Å². The summed E-state index contributed by atoms with van der Waals surface area (Å²) in [6.07, 6.45) is 0. The first-order valence-corrected chi connectivity index (χ1v) is 34.4. The first kappa shape index (κ1) is 61.2. The lowest BCUT2D eigenvalue weighted by molar-refractivity contribution is 0.590. The molecule has 0 fully saturated rings.